The molecular weight excluding hydrogens is 574 g/mol. The molecule has 1 saturated carbocycles. The lowest BCUT2D eigenvalue weighted by Crippen LogP contribution is -2.38. The number of aryl methyl sites for hydroxylation is 2. The van der Waals surface area contributed by atoms with Gasteiger partial charge in [0.2, 0.25) is 5.91 Å². The Kier molecular flexibility index (Phi) is 8.36. The largest absolute Gasteiger partial charge is 0.462 e. The van der Waals surface area contributed by atoms with E-state index < -0.39 is 0 Å². The van der Waals surface area contributed by atoms with Gasteiger partial charge in [-0.25, -0.2) is 14.5 Å². The van der Waals surface area contributed by atoms with Crippen molar-refractivity contribution < 1.29 is 14.3 Å². The second kappa shape index (κ2) is 12.7. The van der Waals surface area contributed by atoms with Crippen molar-refractivity contribution >= 4 is 17.6 Å². The van der Waals surface area contributed by atoms with Gasteiger partial charge in [-0.3, -0.25) is 4.79 Å². The molecule has 1 aliphatic heterocycles. The molecule has 2 aliphatic carbocycles. The van der Waals surface area contributed by atoms with Crippen LogP contribution in [0.3, 0.4) is 0 Å². The number of rotatable bonds is 9. The lowest BCUT2D eigenvalue weighted by molar-refractivity contribution is -0.132. The molecule has 1 amide bonds. The predicted molar refractivity (Wildman–Crippen MR) is 179 cm³/mol. The van der Waals surface area contributed by atoms with Crippen LogP contribution in [0.5, 0.6) is 0 Å². The van der Waals surface area contributed by atoms with E-state index >= 15 is 0 Å². The van der Waals surface area contributed by atoms with Crippen LogP contribution < -0.4 is 5.32 Å². The van der Waals surface area contributed by atoms with Crippen molar-refractivity contribution in [2.45, 2.75) is 77.7 Å². The molecule has 1 N–H and O–H groups in total. The first-order valence-corrected chi connectivity index (χ1v) is 16.9. The minimum Gasteiger partial charge on any atom is -0.462 e. The third-order valence-electron chi connectivity index (χ3n) is 10.0. The van der Waals surface area contributed by atoms with Crippen LogP contribution in [0.15, 0.2) is 60.8 Å². The predicted octanol–water partition coefficient (Wildman–Crippen LogP) is 7.33. The zero-order chi connectivity index (χ0) is 31.8. The van der Waals surface area contributed by atoms with Gasteiger partial charge in [0.25, 0.3) is 0 Å². The molecule has 8 nitrogen and oxygen atoms in total. The van der Waals surface area contributed by atoms with E-state index in [4.69, 9.17) is 9.72 Å². The summed E-state index contributed by atoms with van der Waals surface area (Å²) in [6, 6.07) is 19.5. The smallest absolute Gasteiger partial charge is 0.341 e. The second-order valence-electron chi connectivity index (χ2n) is 13.1. The van der Waals surface area contributed by atoms with Crippen LogP contribution in [-0.4, -0.2) is 51.2 Å². The molecule has 46 heavy (non-hydrogen) atoms. The van der Waals surface area contributed by atoms with Crippen LogP contribution >= 0.6 is 0 Å². The number of likely N-dealkylation sites (tertiary alicyclic amines) is 1. The van der Waals surface area contributed by atoms with Crippen molar-refractivity contribution in [3.8, 4) is 17.1 Å². The molecule has 3 aliphatic rings. The monoisotopic (exact) mass is 617 g/mol. The molecule has 3 heterocycles. The quantitative estimate of drug-likeness (QED) is 0.198. The summed E-state index contributed by atoms with van der Waals surface area (Å²) in [5.74, 6) is 1.80. The zero-order valence-electron chi connectivity index (χ0n) is 27.1. The fourth-order valence-corrected chi connectivity index (χ4v) is 7.25. The van der Waals surface area contributed by atoms with Crippen LogP contribution in [-0.2, 0) is 16.0 Å². The van der Waals surface area contributed by atoms with E-state index in [2.05, 4.69) is 58.6 Å². The zero-order valence-corrected chi connectivity index (χ0v) is 27.1. The summed E-state index contributed by atoms with van der Waals surface area (Å²) in [5.41, 5.74) is 9.58. The SMILES string of the molecule is CCOC(=O)c1cnn(-c2cccc(-c3cccc4c3C(Nc3ccc(C5CCN(C(=O)CC6CC6)CC5)cc3C)CC4)n2)c1C. The van der Waals surface area contributed by atoms with Gasteiger partial charge in [0.15, 0.2) is 5.82 Å². The summed E-state index contributed by atoms with van der Waals surface area (Å²) < 4.78 is 6.90. The molecule has 2 aromatic carbocycles. The van der Waals surface area contributed by atoms with E-state index in [1.54, 1.807) is 17.8 Å². The fourth-order valence-electron chi connectivity index (χ4n) is 7.25. The number of nitrogens with zero attached hydrogens (tertiary/aromatic N) is 4. The van der Waals surface area contributed by atoms with E-state index in [-0.39, 0.29) is 12.0 Å². The molecule has 1 unspecified atom stereocenters. The Labute approximate surface area is 271 Å². The number of anilines is 1. The van der Waals surface area contributed by atoms with E-state index in [0.717, 1.165) is 62.1 Å². The Morgan fingerprint density at radius 3 is 2.54 bits per heavy atom. The van der Waals surface area contributed by atoms with Gasteiger partial charge < -0.3 is 15.0 Å². The van der Waals surface area contributed by atoms with Gasteiger partial charge in [0.05, 0.1) is 30.2 Å². The summed E-state index contributed by atoms with van der Waals surface area (Å²) in [6.07, 6.45) is 8.86. The lowest BCUT2D eigenvalue weighted by atomic mass is 9.88. The van der Waals surface area contributed by atoms with Crippen molar-refractivity contribution in [2.24, 2.45) is 5.92 Å². The molecule has 1 atom stereocenters. The first kappa shape index (κ1) is 30.2. The average molecular weight is 618 g/mol. The number of carbonyl (C=O) groups is 2. The molecule has 0 bridgehead atoms. The fraction of sp³-hybridized carbons (Fsp3) is 0.421. The maximum Gasteiger partial charge on any atom is 0.341 e. The Hall–Kier alpha value is -4.46. The highest BCUT2D eigenvalue weighted by Crippen LogP contribution is 2.41. The number of nitrogens with one attached hydrogen (secondary N) is 1. The summed E-state index contributed by atoms with van der Waals surface area (Å²) in [6.45, 7) is 7.92. The highest BCUT2D eigenvalue weighted by molar-refractivity contribution is 5.90. The standard InChI is InChI=1S/C38H43N5O3/c1-4-46-38(45)31-23-39-43(25(31)3)35-10-6-9-33(41-35)30-8-5-7-28-13-16-34(37(28)30)40-32-15-14-29(21-24(32)2)27-17-19-42(20-18-27)36(44)22-26-11-12-26/h5-10,14-15,21,23,26-27,34,40H,4,11-13,16-20,22H2,1-3H3. The van der Waals surface area contributed by atoms with Crippen molar-refractivity contribution in [3.05, 3.63) is 94.3 Å². The molecule has 238 valence electrons. The van der Waals surface area contributed by atoms with Crippen molar-refractivity contribution in [3.63, 3.8) is 0 Å². The Bertz CT molecular complexity index is 1770. The lowest BCUT2D eigenvalue weighted by Gasteiger charge is -2.32. The van der Waals surface area contributed by atoms with Gasteiger partial charge in [-0.15, -0.1) is 0 Å². The number of aromatic nitrogens is 3. The summed E-state index contributed by atoms with van der Waals surface area (Å²) in [7, 11) is 0. The number of hydrogen-bond acceptors (Lipinski definition) is 6. The molecule has 2 aromatic heterocycles. The maximum atomic E-state index is 12.6. The van der Waals surface area contributed by atoms with Crippen molar-refractivity contribution in [1.29, 1.82) is 0 Å². The highest BCUT2D eigenvalue weighted by Gasteiger charge is 2.30. The Morgan fingerprint density at radius 2 is 1.78 bits per heavy atom. The van der Waals surface area contributed by atoms with Crippen molar-refractivity contribution in [2.75, 3.05) is 25.0 Å². The van der Waals surface area contributed by atoms with Gasteiger partial charge in [-0.05, 0) is 112 Å². The number of pyridine rings is 1. The van der Waals surface area contributed by atoms with E-state index in [1.165, 1.54) is 35.1 Å². The minimum absolute atomic E-state index is 0.170. The highest BCUT2D eigenvalue weighted by atomic mass is 16.5. The number of carbonyl (C=O) groups excluding carboxylic acids is 2. The summed E-state index contributed by atoms with van der Waals surface area (Å²) >= 11 is 0. The molecule has 0 radical (unpaired) electrons. The first-order chi connectivity index (χ1) is 22.4. The third kappa shape index (κ3) is 6.05. The minimum atomic E-state index is -0.374. The number of esters is 1. The topological polar surface area (TPSA) is 89.4 Å². The number of hydrogen-bond donors (Lipinski definition) is 1. The van der Waals surface area contributed by atoms with Crippen molar-refractivity contribution in [1.82, 2.24) is 19.7 Å². The van der Waals surface area contributed by atoms with Gasteiger partial charge >= 0.3 is 5.97 Å². The molecule has 0 spiro atoms. The van der Waals surface area contributed by atoms with E-state index in [0.29, 0.717) is 41.4 Å². The molecule has 8 heteroatoms. The van der Waals surface area contributed by atoms with Crippen LogP contribution in [0.1, 0.15) is 95.7 Å². The van der Waals surface area contributed by atoms with E-state index in [1.807, 2.05) is 25.1 Å². The molecule has 4 aromatic rings. The third-order valence-corrected chi connectivity index (χ3v) is 10.0. The van der Waals surface area contributed by atoms with Crippen LogP contribution in [0.2, 0.25) is 0 Å². The van der Waals surface area contributed by atoms with Gasteiger partial charge in [-0.1, -0.05) is 36.4 Å². The Morgan fingerprint density at radius 1 is 0.978 bits per heavy atom. The van der Waals surface area contributed by atoms with Gasteiger partial charge in [0, 0.05) is 30.8 Å². The average Bonchev–Trinajstić information content (AvgIpc) is 3.66. The molecule has 7 rings (SSSR count). The Balaban J connectivity index is 1.08. The maximum absolute atomic E-state index is 12.6. The number of amides is 1. The number of ether oxygens (including phenoxy) is 1. The van der Waals surface area contributed by atoms with Crippen LogP contribution in [0.25, 0.3) is 17.1 Å². The van der Waals surface area contributed by atoms with Gasteiger partial charge in [-0.2, -0.15) is 5.10 Å². The van der Waals surface area contributed by atoms with Gasteiger partial charge in [0.1, 0.15) is 5.56 Å². The van der Waals surface area contributed by atoms with Crippen LogP contribution in [0, 0.1) is 19.8 Å². The summed E-state index contributed by atoms with van der Waals surface area (Å²) in [5, 5.41) is 8.35. The molecular formula is C38H43N5O3. The number of benzene rings is 2. The first-order valence-electron chi connectivity index (χ1n) is 16.9. The van der Waals surface area contributed by atoms with Crippen LogP contribution in [0.4, 0.5) is 5.69 Å². The number of piperidine rings is 1. The second-order valence-corrected chi connectivity index (χ2v) is 13.1. The molecule has 1 saturated heterocycles. The summed E-state index contributed by atoms with van der Waals surface area (Å²) in [4.78, 5) is 32.1. The number of fused-ring (bicyclic) bond motifs is 1. The molecule has 2 fully saturated rings. The normalized spacial score (nSPS) is 18.0. The van der Waals surface area contributed by atoms with E-state index in [9.17, 15) is 9.59 Å².